The molecule has 3 aromatic rings. The molecule has 28 heavy (non-hydrogen) atoms. The van der Waals surface area contributed by atoms with E-state index < -0.39 is 5.91 Å². The molecule has 1 saturated heterocycles. The number of imide groups is 1. The minimum absolute atomic E-state index is 0.0524. The van der Waals surface area contributed by atoms with Crippen LogP contribution in [0.3, 0.4) is 0 Å². The Balaban J connectivity index is 1.66. The molecule has 4 rings (SSSR count). The molecule has 1 fully saturated rings. The third kappa shape index (κ3) is 3.63. The van der Waals surface area contributed by atoms with Gasteiger partial charge in [0, 0.05) is 17.4 Å². The number of fused-ring (bicyclic) bond motifs is 1. The molecule has 0 spiro atoms. The monoisotopic (exact) mass is 393 g/mol. The first-order valence-corrected chi connectivity index (χ1v) is 9.58. The molecule has 0 bridgehead atoms. The summed E-state index contributed by atoms with van der Waals surface area (Å²) < 4.78 is 1.63. The molecular formula is C20H19N5O2S. The molecule has 0 saturated carbocycles. The van der Waals surface area contributed by atoms with Crippen molar-refractivity contribution in [2.24, 2.45) is 0 Å². The van der Waals surface area contributed by atoms with Crippen molar-refractivity contribution >= 4 is 46.1 Å². The van der Waals surface area contributed by atoms with E-state index in [0.29, 0.717) is 21.9 Å². The van der Waals surface area contributed by atoms with Crippen molar-refractivity contribution in [1.82, 2.24) is 19.9 Å². The van der Waals surface area contributed by atoms with Gasteiger partial charge in [0.05, 0.1) is 11.1 Å². The summed E-state index contributed by atoms with van der Waals surface area (Å²) in [6, 6.07) is 10.1. The number of amides is 2. The van der Waals surface area contributed by atoms with E-state index in [2.05, 4.69) is 53.6 Å². The van der Waals surface area contributed by atoms with Gasteiger partial charge in [-0.3, -0.25) is 14.9 Å². The first-order chi connectivity index (χ1) is 13.3. The van der Waals surface area contributed by atoms with Crippen molar-refractivity contribution in [3.8, 4) is 0 Å². The third-order valence-corrected chi connectivity index (χ3v) is 5.14. The van der Waals surface area contributed by atoms with Crippen molar-refractivity contribution in [3.05, 3.63) is 58.8 Å². The number of nitrogens with zero attached hydrogens (tertiary/aromatic N) is 3. The Kier molecular flexibility index (Phi) is 4.43. The second-order valence-corrected chi connectivity index (χ2v) is 8.50. The molecule has 0 aliphatic carbocycles. The van der Waals surface area contributed by atoms with Crippen LogP contribution in [0.5, 0.6) is 0 Å². The maximum absolute atomic E-state index is 11.8. The highest BCUT2D eigenvalue weighted by atomic mass is 32.2. The van der Waals surface area contributed by atoms with Crippen LogP contribution >= 0.6 is 11.8 Å². The van der Waals surface area contributed by atoms with Crippen LogP contribution in [-0.2, 0) is 10.2 Å². The summed E-state index contributed by atoms with van der Waals surface area (Å²) >= 11 is 0.872. The van der Waals surface area contributed by atoms with Crippen LogP contribution in [0.25, 0.3) is 11.7 Å². The SMILES string of the molecule is CC(C)(C)c1cccc(Nc2ccn3ncc(/C=C4/SC(=O)NC4=O)c3n2)c1. The molecule has 2 amide bonds. The number of benzene rings is 1. The van der Waals surface area contributed by atoms with Gasteiger partial charge >= 0.3 is 0 Å². The van der Waals surface area contributed by atoms with Crippen molar-refractivity contribution in [3.63, 3.8) is 0 Å². The second kappa shape index (κ2) is 6.79. The Morgan fingerprint density at radius 1 is 1.21 bits per heavy atom. The maximum atomic E-state index is 11.8. The molecule has 0 unspecified atom stereocenters. The largest absolute Gasteiger partial charge is 0.340 e. The van der Waals surface area contributed by atoms with Gasteiger partial charge in [-0.25, -0.2) is 9.50 Å². The number of carbonyl (C=O) groups excluding carboxylic acids is 2. The predicted molar refractivity (Wildman–Crippen MR) is 111 cm³/mol. The lowest BCUT2D eigenvalue weighted by Crippen LogP contribution is -2.17. The van der Waals surface area contributed by atoms with Gasteiger partial charge in [-0.1, -0.05) is 32.9 Å². The lowest BCUT2D eigenvalue weighted by Gasteiger charge is -2.20. The van der Waals surface area contributed by atoms with E-state index in [0.717, 1.165) is 17.4 Å². The van der Waals surface area contributed by atoms with E-state index in [1.54, 1.807) is 23.0 Å². The highest BCUT2D eigenvalue weighted by Gasteiger charge is 2.25. The predicted octanol–water partition coefficient (Wildman–Crippen LogP) is 4.09. The number of hydrogen-bond acceptors (Lipinski definition) is 6. The zero-order valence-corrected chi connectivity index (χ0v) is 16.5. The van der Waals surface area contributed by atoms with E-state index in [9.17, 15) is 9.59 Å². The maximum Gasteiger partial charge on any atom is 0.290 e. The fraction of sp³-hybridized carbons (Fsp3) is 0.200. The Bertz CT molecular complexity index is 1130. The van der Waals surface area contributed by atoms with Crippen molar-refractivity contribution in [2.75, 3.05) is 5.32 Å². The Morgan fingerprint density at radius 2 is 2.04 bits per heavy atom. The van der Waals surface area contributed by atoms with Gasteiger partial charge in [0.15, 0.2) is 5.65 Å². The van der Waals surface area contributed by atoms with Gasteiger partial charge in [-0.15, -0.1) is 0 Å². The van der Waals surface area contributed by atoms with Gasteiger partial charge in [-0.05, 0) is 47.0 Å². The van der Waals surface area contributed by atoms with E-state index >= 15 is 0 Å². The molecule has 0 radical (unpaired) electrons. The van der Waals surface area contributed by atoms with Gasteiger partial charge in [0.2, 0.25) is 0 Å². The highest BCUT2D eigenvalue weighted by Crippen LogP contribution is 2.28. The Labute approximate surface area is 166 Å². The molecule has 8 heteroatoms. The number of nitrogens with one attached hydrogen (secondary N) is 2. The van der Waals surface area contributed by atoms with Gasteiger partial charge in [0.1, 0.15) is 5.82 Å². The summed E-state index contributed by atoms with van der Waals surface area (Å²) in [7, 11) is 0. The Morgan fingerprint density at radius 3 is 2.75 bits per heavy atom. The van der Waals surface area contributed by atoms with Crippen LogP contribution in [0.4, 0.5) is 16.3 Å². The summed E-state index contributed by atoms with van der Waals surface area (Å²) in [4.78, 5) is 28.1. The molecule has 2 N–H and O–H groups in total. The lowest BCUT2D eigenvalue weighted by atomic mass is 9.87. The van der Waals surface area contributed by atoms with E-state index in [-0.39, 0.29) is 10.7 Å². The van der Waals surface area contributed by atoms with Crippen LogP contribution in [0.15, 0.2) is 47.6 Å². The average Bonchev–Trinajstić information content (AvgIpc) is 3.17. The molecule has 0 atom stereocenters. The van der Waals surface area contributed by atoms with Crippen LogP contribution in [0.1, 0.15) is 31.9 Å². The van der Waals surface area contributed by atoms with E-state index in [1.807, 2.05) is 18.2 Å². The fourth-order valence-electron chi connectivity index (χ4n) is 2.83. The van der Waals surface area contributed by atoms with Crippen molar-refractivity contribution < 1.29 is 9.59 Å². The number of carbonyl (C=O) groups is 2. The number of anilines is 2. The van der Waals surface area contributed by atoms with Gasteiger partial charge in [0.25, 0.3) is 11.1 Å². The average molecular weight is 393 g/mol. The molecule has 1 aliphatic heterocycles. The van der Waals surface area contributed by atoms with Crippen LogP contribution in [-0.4, -0.2) is 25.7 Å². The molecule has 2 aromatic heterocycles. The Hall–Kier alpha value is -3.13. The zero-order chi connectivity index (χ0) is 19.9. The minimum atomic E-state index is -0.400. The lowest BCUT2D eigenvalue weighted by molar-refractivity contribution is -0.115. The van der Waals surface area contributed by atoms with Crippen LogP contribution in [0.2, 0.25) is 0 Å². The molecule has 142 valence electrons. The summed E-state index contributed by atoms with van der Waals surface area (Å²) in [6.45, 7) is 6.51. The summed E-state index contributed by atoms with van der Waals surface area (Å²) in [5.41, 5.74) is 3.48. The summed E-state index contributed by atoms with van der Waals surface area (Å²) in [5.74, 6) is 0.265. The zero-order valence-electron chi connectivity index (χ0n) is 15.7. The number of thioether (sulfide) groups is 1. The third-order valence-electron chi connectivity index (χ3n) is 4.33. The number of hydrogen-bond donors (Lipinski definition) is 2. The van der Waals surface area contributed by atoms with Gasteiger partial charge < -0.3 is 5.32 Å². The molecule has 7 nitrogen and oxygen atoms in total. The number of rotatable bonds is 3. The van der Waals surface area contributed by atoms with Crippen LogP contribution < -0.4 is 10.6 Å². The first kappa shape index (κ1) is 18.2. The molecular weight excluding hydrogens is 374 g/mol. The highest BCUT2D eigenvalue weighted by molar-refractivity contribution is 8.18. The van der Waals surface area contributed by atoms with E-state index in [1.165, 1.54) is 5.56 Å². The number of aromatic nitrogens is 3. The normalized spacial score (nSPS) is 16.0. The van der Waals surface area contributed by atoms with Crippen LogP contribution in [0, 0.1) is 0 Å². The smallest absolute Gasteiger partial charge is 0.290 e. The van der Waals surface area contributed by atoms with Gasteiger partial charge in [-0.2, -0.15) is 5.10 Å². The molecule has 1 aliphatic rings. The summed E-state index contributed by atoms with van der Waals surface area (Å²) in [6.07, 6.45) is 5.05. The van der Waals surface area contributed by atoms with E-state index in [4.69, 9.17) is 0 Å². The second-order valence-electron chi connectivity index (χ2n) is 7.49. The van der Waals surface area contributed by atoms with Crippen molar-refractivity contribution in [1.29, 1.82) is 0 Å². The minimum Gasteiger partial charge on any atom is -0.340 e. The fourth-order valence-corrected chi connectivity index (χ4v) is 3.50. The van der Waals surface area contributed by atoms with Crippen molar-refractivity contribution in [2.45, 2.75) is 26.2 Å². The first-order valence-electron chi connectivity index (χ1n) is 8.76. The topological polar surface area (TPSA) is 88.4 Å². The molecule has 1 aromatic carbocycles. The standard InChI is InChI=1S/C20H19N5O2S/c1-20(2,3)13-5-4-6-14(10-13)22-16-7-8-25-17(23-16)12(11-21-25)9-15-18(26)24-19(27)28-15/h4-11H,1-3H3,(H,22,23)(H,24,26,27)/b15-9+. The summed E-state index contributed by atoms with van der Waals surface area (Å²) in [5, 5.41) is 9.45. The molecule has 3 heterocycles. The quantitative estimate of drug-likeness (QED) is 0.652.